The van der Waals surface area contributed by atoms with E-state index in [0.717, 1.165) is 6.54 Å². The molecular weight excluding hydrogens is 242 g/mol. The molecule has 106 valence electrons. The van der Waals surface area contributed by atoms with Crippen molar-refractivity contribution in [3.8, 4) is 5.88 Å². The highest BCUT2D eigenvalue weighted by atomic mass is 16.5. The molecule has 1 aliphatic rings. The van der Waals surface area contributed by atoms with E-state index in [1.807, 2.05) is 0 Å². The van der Waals surface area contributed by atoms with Crippen LogP contribution in [0.25, 0.3) is 0 Å². The number of rotatable bonds is 6. The largest absolute Gasteiger partial charge is 0.481 e. The Morgan fingerprint density at radius 1 is 1.37 bits per heavy atom. The van der Waals surface area contributed by atoms with Gasteiger partial charge in [-0.25, -0.2) is 4.98 Å². The molecule has 0 aliphatic heterocycles. The average molecular weight is 265 g/mol. The third-order valence-electron chi connectivity index (χ3n) is 3.59. The van der Waals surface area contributed by atoms with E-state index in [1.54, 1.807) is 19.4 Å². The summed E-state index contributed by atoms with van der Waals surface area (Å²) < 4.78 is 11.0. The van der Waals surface area contributed by atoms with Crippen molar-refractivity contribution in [2.45, 2.75) is 38.7 Å². The predicted octanol–water partition coefficient (Wildman–Crippen LogP) is 2.49. The monoisotopic (exact) mass is 265 g/mol. The molecule has 1 aromatic rings. The van der Waals surface area contributed by atoms with E-state index in [1.165, 1.54) is 25.7 Å². The summed E-state index contributed by atoms with van der Waals surface area (Å²) in [6, 6.07) is 1.73. The second-order valence-corrected chi connectivity index (χ2v) is 5.02. The molecule has 0 amide bonds. The third-order valence-corrected chi connectivity index (χ3v) is 3.59. The van der Waals surface area contributed by atoms with Gasteiger partial charge in [0.05, 0.1) is 19.8 Å². The summed E-state index contributed by atoms with van der Waals surface area (Å²) in [5.74, 6) is 1.83. The van der Waals surface area contributed by atoms with E-state index < -0.39 is 0 Å². The highest BCUT2D eigenvalue weighted by Gasteiger charge is 2.21. The third kappa shape index (κ3) is 4.35. The van der Waals surface area contributed by atoms with Crippen molar-refractivity contribution in [3.63, 3.8) is 0 Å². The van der Waals surface area contributed by atoms with Crippen LogP contribution in [0.3, 0.4) is 0 Å². The Morgan fingerprint density at radius 2 is 2.21 bits per heavy atom. The van der Waals surface area contributed by atoms with E-state index in [2.05, 4.69) is 22.2 Å². The van der Waals surface area contributed by atoms with Crippen LogP contribution in [0.2, 0.25) is 0 Å². The van der Waals surface area contributed by atoms with Crippen molar-refractivity contribution in [3.05, 3.63) is 12.3 Å². The smallest absolute Gasteiger partial charge is 0.226 e. The number of aromatic nitrogens is 2. The van der Waals surface area contributed by atoms with Gasteiger partial charge in [-0.2, -0.15) is 4.98 Å². The molecule has 2 rings (SSSR count). The van der Waals surface area contributed by atoms with Crippen LogP contribution < -0.4 is 10.1 Å². The molecule has 0 spiro atoms. The van der Waals surface area contributed by atoms with Gasteiger partial charge in [0.1, 0.15) is 0 Å². The highest BCUT2D eigenvalue weighted by Crippen LogP contribution is 2.26. The SMILES string of the molecule is COc1ccnc(NCCO[C@H]2CCCC[C@@H]2C)n1. The fourth-order valence-electron chi connectivity index (χ4n) is 2.44. The van der Waals surface area contributed by atoms with Gasteiger partial charge >= 0.3 is 0 Å². The maximum atomic E-state index is 5.92. The lowest BCUT2D eigenvalue weighted by Gasteiger charge is -2.28. The van der Waals surface area contributed by atoms with E-state index in [0.29, 0.717) is 30.5 Å². The zero-order valence-electron chi connectivity index (χ0n) is 11.8. The Morgan fingerprint density at radius 3 is 3.00 bits per heavy atom. The first-order valence-electron chi connectivity index (χ1n) is 7.02. The minimum Gasteiger partial charge on any atom is -0.481 e. The lowest BCUT2D eigenvalue weighted by molar-refractivity contribution is 0.000348. The Bertz CT molecular complexity index is 387. The van der Waals surface area contributed by atoms with Gasteiger partial charge in [0.25, 0.3) is 0 Å². The Labute approximate surface area is 114 Å². The molecule has 19 heavy (non-hydrogen) atoms. The fourth-order valence-corrected chi connectivity index (χ4v) is 2.44. The number of hydrogen-bond donors (Lipinski definition) is 1. The summed E-state index contributed by atoms with van der Waals surface area (Å²) in [5, 5.41) is 3.15. The fraction of sp³-hybridized carbons (Fsp3) is 0.714. The van der Waals surface area contributed by atoms with Crippen molar-refractivity contribution in [2.75, 3.05) is 25.6 Å². The molecule has 1 N–H and O–H groups in total. The van der Waals surface area contributed by atoms with Crippen LogP contribution in [0.15, 0.2) is 12.3 Å². The van der Waals surface area contributed by atoms with Crippen molar-refractivity contribution in [1.29, 1.82) is 0 Å². The van der Waals surface area contributed by atoms with Crippen LogP contribution in [-0.4, -0.2) is 36.3 Å². The van der Waals surface area contributed by atoms with Gasteiger partial charge in [-0.05, 0) is 18.8 Å². The average Bonchev–Trinajstić information content (AvgIpc) is 2.45. The number of nitrogens with zero attached hydrogens (tertiary/aromatic N) is 2. The topological polar surface area (TPSA) is 56.3 Å². The minimum absolute atomic E-state index is 0.418. The molecule has 1 fully saturated rings. The van der Waals surface area contributed by atoms with Gasteiger partial charge in [0.15, 0.2) is 0 Å². The van der Waals surface area contributed by atoms with Crippen LogP contribution in [0.5, 0.6) is 5.88 Å². The van der Waals surface area contributed by atoms with Crippen LogP contribution in [0, 0.1) is 5.92 Å². The summed E-state index contributed by atoms with van der Waals surface area (Å²) in [6.07, 6.45) is 7.21. The van der Waals surface area contributed by atoms with Gasteiger partial charge in [-0.1, -0.05) is 19.8 Å². The number of ether oxygens (including phenoxy) is 2. The van der Waals surface area contributed by atoms with Crippen molar-refractivity contribution in [1.82, 2.24) is 9.97 Å². The van der Waals surface area contributed by atoms with Gasteiger partial charge in [-0.3, -0.25) is 0 Å². The predicted molar refractivity (Wildman–Crippen MR) is 74.4 cm³/mol. The summed E-state index contributed by atoms with van der Waals surface area (Å²) in [7, 11) is 1.60. The second-order valence-electron chi connectivity index (χ2n) is 5.02. The Kier molecular flexibility index (Phi) is 5.39. The van der Waals surface area contributed by atoms with Crippen molar-refractivity contribution >= 4 is 5.95 Å². The summed E-state index contributed by atoms with van der Waals surface area (Å²) >= 11 is 0. The highest BCUT2D eigenvalue weighted by molar-refractivity contribution is 5.27. The second kappa shape index (κ2) is 7.28. The molecular formula is C14H23N3O2. The normalized spacial score (nSPS) is 23.1. The van der Waals surface area contributed by atoms with Gasteiger partial charge in [-0.15, -0.1) is 0 Å². The molecule has 1 aliphatic carbocycles. The lowest BCUT2D eigenvalue weighted by Crippen LogP contribution is -2.27. The molecule has 0 radical (unpaired) electrons. The van der Waals surface area contributed by atoms with Crippen molar-refractivity contribution in [2.24, 2.45) is 5.92 Å². The van der Waals surface area contributed by atoms with Gasteiger partial charge in [0, 0.05) is 18.8 Å². The van der Waals surface area contributed by atoms with E-state index in [4.69, 9.17) is 9.47 Å². The molecule has 2 atom stereocenters. The first-order valence-corrected chi connectivity index (χ1v) is 7.02. The number of nitrogens with one attached hydrogen (secondary N) is 1. The van der Waals surface area contributed by atoms with Crippen LogP contribution >= 0.6 is 0 Å². The zero-order valence-corrected chi connectivity index (χ0v) is 11.8. The van der Waals surface area contributed by atoms with Gasteiger partial charge in [0.2, 0.25) is 11.8 Å². The Balaban J connectivity index is 1.68. The van der Waals surface area contributed by atoms with E-state index in [9.17, 15) is 0 Å². The zero-order chi connectivity index (χ0) is 13.5. The molecule has 5 nitrogen and oxygen atoms in total. The molecule has 5 heteroatoms. The first kappa shape index (κ1) is 14.1. The molecule has 0 unspecified atom stereocenters. The Hall–Kier alpha value is -1.36. The summed E-state index contributed by atoms with van der Waals surface area (Å²) in [6.45, 7) is 3.69. The summed E-state index contributed by atoms with van der Waals surface area (Å²) in [4.78, 5) is 8.32. The maximum absolute atomic E-state index is 5.92. The lowest BCUT2D eigenvalue weighted by atomic mass is 9.88. The maximum Gasteiger partial charge on any atom is 0.226 e. The standard InChI is InChI=1S/C14H23N3O2/c1-11-5-3-4-6-12(11)19-10-9-16-14-15-8-7-13(17-14)18-2/h7-8,11-12H,3-6,9-10H2,1-2H3,(H,15,16,17)/t11-,12-/m0/s1. The molecule has 1 saturated carbocycles. The quantitative estimate of drug-likeness (QED) is 0.801. The van der Waals surface area contributed by atoms with E-state index in [-0.39, 0.29) is 0 Å². The molecule has 1 aromatic heterocycles. The van der Waals surface area contributed by atoms with Crippen LogP contribution in [-0.2, 0) is 4.74 Å². The molecule has 0 bridgehead atoms. The molecule has 1 heterocycles. The molecule has 0 aromatic carbocycles. The summed E-state index contributed by atoms with van der Waals surface area (Å²) in [5.41, 5.74) is 0. The number of methoxy groups -OCH3 is 1. The molecule has 0 saturated heterocycles. The minimum atomic E-state index is 0.418. The first-order chi connectivity index (χ1) is 9.29. The number of hydrogen-bond acceptors (Lipinski definition) is 5. The van der Waals surface area contributed by atoms with E-state index >= 15 is 0 Å². The van der Waals surface area contributed by atoms with Crippen molar-refractivity contribution < 1.29 is 9.47 Å². The van der Waals surface area contributed by atoms with Crippen LogP contribution in [0.4, 0.5) is 5.95 Å². The van der Waals surface area contributed by atoms with Gasteiger partial charge < -0.3 is 14.8 Å². The van der Waals surface area contributed by atoms with Crippen LogP contribution in [0.1, 0.15) is 32.6 Å². The number of anilines is 1.